The fourth-order valence-electron chi connectivity index (χ4n) is 3.17. The van der Waals surface area contributed by atoms with Crippen molar-refractivity contribution in [3.63, 3.8) is 0 Å². The van der Waals surface area contributed by atoms with Crippen molar-refractivity contribution < 1.29 is 23.9 Å². The SMILES string of the molecule is COc1ccc(CNC(=O)C(=O)Nc2sc3c(c2C(N)=O)CCC3)cc1OC. The molecule has 9 heteroatoms. The molecular formula is C19H21N3O5S. The Hall–Kier alpha value is -3.07. The van der Waals surface area contributed by atoms with Gasteiger partial charge in [0.15, 0.2) is 11.5 Å². The summed E-state index contributed by atoms with van der Waals surface area (Å²) in [7, 11) is 3.05. The van der Waals surface area contributed by atoms with Gasteiger partial charge in [-0.25, -0.2) is 0 Å². The summed E-state index contributed by atoms with van der Waals surface area (Å²) in [5.41, 5.74) is 7.41. The van der Waals surface area contributed by atoms with Crippen LogP contribution in [0.25, 0.3) is 0 Å². The van der Waals surface area contributed by atoms with E-state index in [4.69, 9.17) is 15.2 Å². The highest BCUT2D eigenvalue weighted by Crippen LogP contribution is 2.38. The van der Waals surface area contributed by atoms with Gasteiger partial charge in [-0.2, -0.15) is 0 Å². The van der Waals surface area contributed by atoms with Gasteiger partial charge in [0.2, 0.25) is 0 Å². The number of rotatable bonds is 6. The quantitative estimate of drug-likeness (QED) is 0.633. The largest absolute Gasteiger partial charge is 0.493 e. The van der Waals surface area contributed by atoms with Gasteiger partial charge in [0, 0.05) is 11.4 Å². The lowest BCUT2D eigenvalue weighted by molar-refractivity contribution is -0.136. The number of hydrogen-bond acceptors (Lipinski definition) is 6. The molecule has 0 radical (unpaired) electrons. The fourth-order valence-corrected chi connectivity index (χ4v) is 4.46. The van der Waals surface area contributed by atoms with E-state index in [2.05, 4.69) is 10.6 Å². The van der Waals surface area contributed by atoms with Crippen molar-refractivity contribution >= 4 is 34.1 Å². The number of benzene rings is 1. The lowest BCUT2D eigenvalue weighted by Crippen LogP contribution is -2.35. The second-order valence-corrected chi connectivity index (χ2v) is 7.36. The number of carbonyl (C=O) groups excluding carboxylic acids is 3. The van der Waals surface area contributed by atoms with Crippen LogP contribution in [0, 0.1) is 0 Å². The van der Waals surface area contributed by atoms with Crippen molar-refractivity contribution in [1.29, 1.82) is 0 Å². The first kappa shape index (κ1) is 19.7. The van der Waals surface area contributed by atoms with Crippen molar-refractivity contribution in [1.82, 2.24) is 5.32 Å². The first-order valence-corrected chi connectivity index (χ1v) is 9.50. The molecule has 3 amide bonds. The van der Waals surface area contributed by atoms with Crippen LogP contribution in [-0.4, -0.2) is 31.9 Å². The smallest absolute Gasteiger partial charge is 0.314 e. The highest BCUT2D eigenvalue weighted by Gasteiger charge is 2.27. The fraction of sp³-hybridized carbons (Fsp3) is 0.316. The molecule has 1 aliphatic carbocycles. The Labute approximate surface area is 166 Å². The first-order valence-electron chi connectivity index (χ1n) is 8.69. The van der Waals surface area contributed by atoms with E-state index in [0.717, 1.165) is 35.3 Å². The zero-order chi connectivity index (χ0) is 20.3. The van der Waals surface area contributed by atoms with E-state index in [9.17, 15) is 14.4 Å². The monoisotopic (exact) mass is 403 g/mol. The molecule has 8 nitrogen and oxygen atoms in total. The molecule has 0 saturated carbocycles. The number of amides is 3. The van der Waals surface area contributed by atoms with Crippen molar-refractivity contribution in [2.75, 3.05) is 19.5 Å². The number of aryl methyl sites for hydroxylation is 1. The van der Waals surface area contributed by atoms with Gasteiger partial charge in [-0.3, -0.25) is 14.4 Å². The van der Waals surface area contributed by atoms with Crippen LogP contribution < -0.4 is 25.8 Å². The van der Waals surface area contributed by atoms with Crippen LogP contribution in [-0.2, 0) is 29.0 Å². The van der Waals surface area contributed by atoms with Crippen LogP contribution in [0.1, 0.15) is 32.8 Å². The molecule has 0 aliphatic heterocycles. The lowest BCUT2D eigenvalue weighted by Gasteiger charge is -2.10. The second-order valence-electron chi connectivity index (χ2n) is 6.25. The maximum Gasteiger partial charge on any atom is 0.314 e. The summed E-state index contributed by atoms with van der Waals surface area (Å²) < 4.78 is 10.4. The van der Waals surface area contributed by atoms with Crippen LogP contribution in [0.5, 0.6) is 11.5 Å². The Bertz CT molecular complexity index is 938. The van der Waals surface area contributed by atoms with Gasteiger partial charge >= 0.3 is 11.8 Å². The number of thiophene rings is 1. The maximum atomic E-state index is 12.2. The summed E-state index contributed by atoms with van der Waals surface area (Å²) in [5.74, 6) is -1.15. The van der Waals surface area contributed by atoms with Crippen molar-refractivity contribution in [2.45, 2.75) is 25.8 Å². The zero-order valence-corrected chi connectivity index (χ0v) is 16.4. The maximum absolute atomic E-state index is 12.2. The topological polar surface area (TPSA) is 120 Å². The second kappa shape index (κ2) is 8.30. The molecule has 1 heterocycles. The molecule has 0 fully saturated rings. The third-order valence-electron chi connectivity index (χ3n) is 4.50. The zero-order valence-electron chi connectivity index (χ0n) is 15.6. The molecule has 1 aromatic carbocycles. The first-order chi connectivity index (χ1) is 13.4. The Balaban J connectivity index is 1.65. The van der Waals surface area contributed by atoms with Crippen LogP contribution in [0.2, 0.25) is 0 Å². The molecule has 1 aliphatic rings. The summed E-state index contributed by atoms with van der Waals surface area (Å²) in [6, 6.07) is 5.19. The van der Waals surface area contributed by atoms with Gasteiger partial charge in [-0.05, 0) is 42.5 Å². The van der Waals surface area contributed by atoms with Crippen LogP contribution >= 0.6 is 11.3 Å². The van der Waals surface area contributed by atoms with E-state index >= 15 is 0 Å². The molecule has 2 aromatic rings. The number of carbonyl (C=O) groups is 3. The van der Waals surface area contributed by atoms with Crippen LogP contribution in [0.3, 0.4) is 0 Å². The molecule has 0 bridgehead atoms. The molecule has 0 saturated heterocycles. The average Bonchev–Trinajstić information content (AvgIpc) is 3.25. The van der Waals surface area contributed by atoms with E-state index in [0.29, 0.717) is 22.1 Å². The van der Waals surface area contributed by atoms with Gasteiger partial charge in [0.1, 0.15) is 5.00 Å². The van der Waals surface area contributed by atoms with E-state index in [-0.39, 0.29) is 6.54 Å². The number of nitrogens with one attached hydrogen (secondary N) is 2. The standard InChI is InChI=1S/C19H21N3O5S/c1-26-12-7-6-10(8-13(12)27-2)9-21-17(24)18(25)22-19-15(16(20)23)11-4-3-5-14(11)28-19/h6-8H,3-5,9H2,1-2H3,(H2,20,23)(H,21,24)(H,22,25). The van der Waals surface area contributed by atoms with Crippen molar-refractivity contribution in [2.24, 2.45) is 5.73 Å². The van der Waals surface area contributed by atoms with Crippen LogP contribution in [0.15, 0.2) is 18.2 Å². The Morgan fingerprint density at radius 3 is 2.54 bits per heavy atom. The summed E-state index contributed by atoms with van der Waals surface area (Å²) >= 11 is 1.30. The molecule has 28 heavy (non-hydrogen) atoms. The molecule has 148 valence electrons. The van der Waals surface area contributed by atoms with Gasteiger partial charge in [0.25, 0.3) is 5.91 Å². The predicted octanol–water partition coefficient (Wildman–Crippen LogP) is 1.61. The van der Waals surface area contributed by atoms with Crippen LogP contribution in [0.4, 0.5) is 5.00 Å². The number of anilines is 1. The number of nitrogens with two attached hydrogens (primary N) is 1. The summed E-state index contributed by atoms with van der Waals surface area (Å²) in [5, 5.41) is 5.40. The van der Waals surface area contributed by atoms with Gasteiger partial charge in [0.05, 0.1) is 19.8 Å². The minimum Gasteiger partial charge on any atom is -0.493 e. The number of primary amides is 1. The average molecular weight is 403 g/mol. The van der Waals surface area contributed by atoms with Crippen molar-refractivity contribution in [3.8, 4) is 11.5 Å². The number of methoxy groups -OCH3 is 2. The van der Waals surface area contributed by atoms with Gasteiger partial charge in [-0.1, -0.05) is 6.07 Å². The van der Waals surface area contributed by atoms with E-state index in [1.165, 1.54) is 25.6 Å². The van der Waals surface area contributed by atoms with Crippen molar-refractivity contribution in [3.05, 3.63) is 39.8 Å². The Morgan fingerprint density at radius 1 is 1.11 bits per heavy atom. The predicted molar refractivity (Wildman–Crippen MR) is 105 cm³/mol. The minimum atomic E-state index is -0.845. The normalized spacial score (nSPS) is 12.2. The highest BCUT2D eigenvalue weighted by atomic mass is 32.1. The molecule has 3 rings (SSSR count). The molecule has 1 aromatic heterocycles. The summed E-state index contributed by atoms with van der Waals surface area (Å²) in [4.78, 5) is 37.2. The Kier molecular flexibility index (Phi) is 5.84. The third kappa shape index (κ3) is 3.94. The summed E-state index contributed by atoms with van der Waals surface area (Å²) in [6.45, 7) is 0.135. The lowest BCUT2D eigenvalue weighted by atomic mass is 10.1. The summed E-state index contributed by atoms with van der Waals surface area (Å²) in [6.07, 6.45) is 2.56. The minimum absolute atomic E-state index is 0.135. The molecule has 0 unspecified atom stereocenters. The highest BCUT2D eigenvalue weighted by molar-refractivity contribution is 7.17. The van der Waals surface area contributed by atoms with E-state index in [1.54, 1.807) is 18.2 Å². The number of fused-ring (bicyclic) bond motifs is 1. The molecule has 0 spiro atoms. The van der Waals surface area contributed by atoms with E-state index in [1.807, 2.05) is 0 Å². The number of ether oxygens (including phenoxy) is 2. The number of hydrogen-bond donors (Lipinski definition) is 3. The van der Waals surface area contributed by atoms with Gasteiger partial charge < -0.3 is 25.8 Å². The molecule has 0 atom stereocenters. The molecule has 4 N–H and O–H groups in total. The third-order valence-corrected chi connectivity index (χ3v) is 5.71. The van der Waals surface area contributed by atoms with Gasteiger partial charge in [-0.15, -0.1) is 11.3 Å². The Morgan fingerprint density at radius 2 is 1.86 bits per heavy atom. The molecular weight excluding hydrogens is 382 g/mol. The van der Waals surface area contributed by atoms with E-state index < -0.39 is 17.7 Å².